The number of pyridine rings is 1. The van der Waals surface area contributed by atoms with Crippen LogP contribution in [0.25, 0.3) is 0 Å². The van der Waals surface area contributed by atoms with Crippen molar-refractivity contribution in [3.8, 4) is 0 Å². The fourth-order valence-electron chi connectivity index (χ4n) is 6.56. The molecule has 1 aliphatic carbocycles. The summed E-state index contributed by atoms with van der Waals surface area (Å²) in [7, 11) is 0. The van der Waals surface area contributed by atoms with Crippen molar-refractivity contribution in [2.24, 2.45) is 5.92 Å². The molecule has 0 bridgehead atoms. The van der Waals surface area contributed by atoms with Crippen molar-refractivity contribution < 1.29 is 24.9 Å². The second-order valence-electron chi connectivity index (χ2n) is 13.9. The highest BCUT2D eigenvalue weighted by atomic mass is 16.3. The lowest BCUT2D eigenvalue weighted by molar-refractivity contribution is -0.132. The number of β-amino-alcohol motifs (C(OH)–C–C–N with tert-alkyl or cyclic N) is 1. The molecule has 0 unspecified atom stereocenters. The van der Waals surface area contributed by atoms with E-state index in [4.69, 9.17) is 5.11 Å². The van der Waals surface area contributed by atoms with Crippen molar-refractivity contribution >= 4 is 11.8 Å². The van der Waals surface area contributed by atoms with Crippen molar-refractivity contribution in [3.63, 3.8) is 0 Å². The van der Waals surface area contributed by atoms with E-state index in [1.807, 2.05) is 93.7 Å². The van der Waals surface area contributed by atoms with Gasteiger partial charge in [-0.05, 0) is 68.9 Å². The number of hydrogen-bond acceptors (Lipinski definition) is 8. The predicted molar refractivity (Wildman–Crippen MR) is 187 cm³/mol. The molecule has 10 nitrogen and oxygen atoms in total. The molecule has 3 aromatic rings. The largest absolute Gasteiger partial charge is 0.397 e. The third kappa shape index (κ3) is 10.9. The molecule has 260 valence electrons. The van der Waals surface area contributed by atoms with Crippen LogP contribution in [-0.4, -0.2) is 98.5 Å². The smallest absolute Gasteiger partial charge is 0.239 e. The maximum atomic E-state index is 13.8. The second-order valence-corrected chi connectivity index (χ2v) is 13.9. The number of piperazine rings is 1. The summed E-state index contributed by atoms with van der Waals surface area (Å²) in [5, 5.41) is 36.1. The lowest BCUT2D eigenvalue weighted by atomic mass is 9.91. The molecule has 5 rings (SSSR count). The van der Waals surface area contributed by atoms with Gasteiger partial charge in [-0.15, -0.1) is 0 Å². The number of aromatic nitrogens is 1. The number of aliphatic hydroxyl groups excluding tert-OH is 3. The third-order valence-electron chi connectivity index (χ3n) is 8.70. The highest BCUT2D eigenvalue weighted by Gasteiger charge is 2.37. The SMILES string of the molecule is CC(C)(C)NC(=O)[C@@H]1CN(Cc2cccnc2)CCN1C[C@@H](O)C[C@@H](Cc1ccccc1)C(=O)N[C@H]1c2ccccc2C[C@H]1O.CCO. The van der Waals surface area contributed by atoms with Crippen molar-refractivity contribution in [1.29, 1.82) is 0 Å². The van der Waals surface area contributed by atoms with E-state index in [9.17, 15) is 19.8 Å². The number of fused-ring (bicyclic) bond motifs is 1. The number of benzene rings is 2. The fourth-order valence-corrected chi connectivity index (χ4v) is 6.56. The normalized spacial score (nSPS) is 20.9. The first-order chi connectivity index (χ1) is 23.0. The molecule has 1 saturated heterocycles. The summed E-state index contributed by atoms with van der Waals surface area (Å²) in [4.78, 5) is 35.9. The van der Waals surface area contributed by atoms with Gasteiger partial charge in [-0.3, -0.25) is 24.4 Å². The summed E-state index contributed by atoms with van der Waals surface area (Å²) in [5.74, 6) is -0.781. The molecule has 2 aromatic carbocycles. The number of aliphatic hydroxyl groups is 3. The predicted octanol–water partition coefficient (Wildman–Crippen LogP) is 2.87. The van der Waals surface area contributed by atoms with E-state index in [1.54, 1.807) is 13.1 Å². The van der Waals surface area contributed by atoms with Crippen LogP contribution in [0.15, 0.2) is 79.1 Å². The fraction of sp³-hybridized carbons (Fsp3) is 0.500. The molecule has 2 heterocycles. The van der Waals surface area contributed by atoms with Gasteiger partial charge in [0.1, 0.15) is 6.04 Å². The summed E-state index contributed by atoms with van der Waals surface area (Å²) in [5.41, 5.74) is 3.68. The second kappa shape index (κ2) is 17.6. The minimum atomic E-state index is -0.833. The number of rotatable bonds is 11. The van der Waals surface area contributed by atoms with E-state index >= 15 is 0 Å². The quantitative estimate of drug-likeness (QED) is 0.212. The Morgan fingerprint density at radius 3 is 2.38 bits per heavy atom. The third-order valence-corrected chi connectivity index (χ3v) is 8.70. The summed E-state index contributed by atoms with van der Waals surface area (Å²) in [6.07, 6.45) is 3.26. The van der Waals surface area contributed by atoms with Crippen LogP contribution in [0.1, 0.15) is 62.4 Å². The van der Waals surface area contributed by atoms with Crippen molar-refractivity contribution in [2.75, 3.05) is 32.8 Å². The van der Waals surface area contributed by atoms with E-state index in [1.165, 1.54) is 0 Å². The summed E-state index contributed by atoms with van der Waals surface area (Å²) in [6.45, 7) is 10.7. The molecular weight excluding hydrogens is 606 g/mol. The lowest BCUT2D eigenvalue weighted by Gasteiger charge is -2.42. The van der Waals surface area contributed by atoms with Crippen molar-refractivity contribution in [2.45, 2.75) is 83.3 Å². The van der Waals surface area contributed by atoms with Crippen LogP contribution >= 0.6 is 0 Å². The van der Waals surface area contributed by atoms with Gasteiger partial charge in [0.05, 0.1) is 18.2 Å². The number of carbonyl (C=O) groups excluding carboxylic acids is 2. The summed E-state index contributed by atoms with van der Waals surface area (Å²) >= 11 is 0. The van der Waals surface area contributed by atoms with Crippen molar-refractivity contribution in [3.05, 3.63) is 101 Å². The van der Waals surface area contributed by atoms with E-state index in [0.717, 1.165) is 28.8 Å². The van der Waals surface area contributed by atoms with E-state index in [-0.39, 0.29) is 31.4 Å². The van der Waals surface area contributed by atoms with Crippen LogP contribution in [0, 0.1) is 5.92 Å². The zero-order valence-electron chi connectivity index (χ0n) is 28.8. The van der Waals surface area contributed by atoms with Crippen LogP contribution in [0.2, 0.25) is 0 Å². The number of hydrogen-bond donors (Lipinski definition) is 5. The van der Waals surface area contributed by atoms with Crippen LogP contribution in [0.5, 0.6) is 0 Å². The van der Waals surface area contributed by atoms with E-state index < -0.39 is 35.7 Å². The molecule has 1 aliphatic heterocycles. The molecular formula is C38H53N5O5. The minimum Gasteiger partial charge on any atom is -0.397 e. The summed E-state index contributed by atoms with van der Waals surface area (Å²) in [6, 6.07) is 20.6. The van der Waals surface area contributed by atoms with Crippen LogP contribution in [0.3, 0.4) is 0 Å². The molecule has 0 saturated carbocycles. The highest BCUT2D eigenvalue weighted by molar-refractivity contribution is 5.83. The molecule has 1 aromatic heterocycles. The first kappa shape index (κ1) is 37.2. The van der Waals surface area contributed by atoms with Crippen LogP contribution < -0.4 is 10.6 Å². The average molecular weight is 660 g/mol. The molecule has 0 radical (unpaired) electrons. The van der Waals surface area contributed by atoms with Gasteiger partial charge in [0.15, 0.2) is 0 Å². The zero-order chi connectivity index (χ0) is 34.7. The van der Waals surface area contributed by atoms with Crippen molar-refractivity contribution in [1.82, 2.24) is 25.4 Å². The van der Waals surface area contributed by atoms with Gasteiger partial charge in [0.2, 0.25) is 11.8 Å². The van der Waals surface area contributed by atoms with Gasteiger partial charge in [-0.25, -0.2) is 0 Å². The number of nitrogens with one attached hydrogen (secondary N) is 2. The summed E-state index contributed by atoms with van der Waals surface area (Å²) < 4.78 is 0. The molecule has 48 heavy (non-hydrogen) atoms. The van der Waals surface area contributed by atoms with Gasteiger partial charge < -0.3 is 26.0 Å². The first-order valence-corrected chi connectivity index (χ1v) is 17.0. The number of nitrogens with zero attached hydrogens (tertiary/aromatic N) is 3. The van der Waals surface area contributed by atoms with E-state index in [2.05, 4.69) is 25.4 Å². The maximum Gasteiger partial charge on any atom is 0.239 e. The highest BCUT2D eigenvalue weighted by Crippen LogP contribution is 2.32. The molecule has 10 heteroatoms. The Hall–Kier alpha value is -3.67. The molecule has 1 fully saturated rings. The standard InChI is InChI=1S/C36H47N5O4.C2H6O/c1-36(2,3)39-35(45)31-24-40(22-26-12-9-15-37-21-26)16-17-41(31)23-29(42)19-28(18-25-10-5-4-6-11-25)34(44)38-33-30-14-8-7-13-27(30)20-32(33)43;1-2-3/h4-15,21,28-29,31-33,42-43H,16-20,22-24H2,1-3H3,(H,38,44)(H,39,45);3H,2H2,1H3/t28-,29+,31+,32-,33+;/m1./s1. The Kier molecular flexibility index (Phi) is 13.7. The van der Waals surface area contributed by atoms with Gasteiger partial charge >= 0.3 is 0 Å². The number of carbonyl (C=O) groups is 2. The van der Waals surface area contributed by atoms with Gasteiger partial charge in [-0.1, -0.05) is 60.7 Å². The topological polar surface area (TPSA) is 138 Å². The Bertz CT molecular complexity index is 1430. The Morgan fingerprint density at radius 1 is 1.00 bits per heavy atom. The maximum absolute atomic E-state index is 13.8. The first-order valence-electron chi connectivity index (χ1n) is 17.0. The molecule has 0 spiro atoms. The van der Waals surface area contributed by atoms with Gasteiger partial charge in [0.25, 0.3) is 0 Å². The average Bonchev–Trinajstić information content (AvgIpc) is 3.36. The number of amides is 2. The lowest BCUT2D eigenvalue weighted by Crippen LogP contribution is -2.61. The van der Waals surface area contributed by atoms with E-state index in [0.29, 0.717) is 32.5 Å². The molecule has 5 atom stereocenters. The minimum absolute atomic E-state index is 0.0712. The van der Waals surface area contributed by atoms with Crippen LogP contribution in [0.4, 0.5) is 0 Å². The Morgan fingerprint density at radius 2 is 1.69 bits per heavy atom. The monoisotopic (exact) mass is 659 g/mol. The molecule has 2 amide bonds. The van der Waals surface area contributed by atoms with Gasteiger partial charge in [-0.2, -0.15) is 0 Å². The van der Waals surface area contributed by atoms with Crippen LogP contribution in [-0.2, 0) is 29.0 Å². The molecule has 5 N–H and O–H groups in total. The van der Waals surface area contributed by atoms with Gasteiger partial charge in [0, 0.05) is 69.6 Å². The molecule has 2 aliphatic rings. The Labute approximate surface area is 285 Å². The Balaban J connectivity index is 0.00000167. The zero-order valence-corrected chi connectivity index (χ0v) is 28.8.